The van der Waals surface area contributed by atoms with E-state index in [9.17, 15) is 13.6 Å². The third-order valence-corrected chi connectivity index (χ3v) is 5.91. The van der Waals surface area contributed by atoms with Crippen molar-refractivity contribution in [2.45, 2.75) is 19.4 Å². The lowest BCUT2D eigenvalue weighted by molar-refractivity contribution is -0.121. The van der Waals surface area contributed by atoms with Crippen molar-refractivity contribution in [2.24, 2.45) is 5.73 Å². The Bertz CT molecular complexity index is 1540. The predicted octanol–water partition coefficient (Wildman–Crippen LogP) is 5.02. The molecule has 0 radical (unpaired) electrons. The zero-order chi connectivity index (χ0) is 24.5. The summed E-state index contributed by atoms with van der Waals surface area (Å²) < 4.78 is 30.1. The summed E-state index contributed by atoms with van der Waals surface area (Å²) in [4.78, 5) is 21.5. The maximum Gasteiger partial charge on any atom is 0.242 e. The van der Waals surface area contributed by atoms with Crippen LogP contribution in [0.5, 0.6) is 0 Å². The van der Waals surface area contributed by atoms with E-state index in [1.54, 1.807) is 12.4 Å². The Hall–Kier alpha value is -4.46. The Morgan fingerprint density at radius 3 is 2.46 bits per heavy atom. The predicted molar refractivity (Wildman–Crippen MR) is 129 cm³/mol. The number of carbonyl (C=O) groups is 1. The third kappa shape index (κ3) is 4.26. The second kappa shape index (κ2) is 9.06. The number of amides is 1. The summed E-state index contributed by atoms with van der Waals surface area (Å²) in [6, 6.07) is 17.5. The van der Waals surface area contributed by atoms with Gasteiger partial charge in [-0.1, -0.05) is 30.3 Å². The fourth-order valence-electron chi connectivity index (χ4n) is 4.19. The van der Waals surface area contributed by atoms with Gasteiger partial charge in [0.05, 0.1) is 11.2 Å². The minimum Gasteiger partial charge on any atom is -0.368 e. The van der Waals surface area contributed by atoms with Crippen molar-refractivity contribution < 1.29 is 13.6 Å². The first-order valence-electron chi connectivity index (χ1n) is 11.0. The Labute approximate surface area is 200 Å². The van der Waals surface area contributed by atoms with Gasteiger partial charge in [0.15, 0.2) is 0 Å². The van der Waals surface area contributed by atoms with Crippen LogP contribution in [0.2, 0.25) is 0 Å². The summed E-state index contributed by atoms with van der Waals surface area (Å²) in [6.45, 7) is 1.87. The van der Waals surface area contributed by atoms with Gasteiger partial charge in [-0.25, -0.2) is 8.78 Å². The van der Waals surface area contributed by atoms with Crippen molar-refractivity contribution in [1.82, 2.24) is 19.7 Å². The average Bonchev–Trinajstić information content (AvgIpc) is 3.28. The third-order valence-electron chi connectivity index (χ3n) is 5.91. The first-order chi connectivity index (χ1) is 16.9. The summed E-state index contributed by atoms with van der Waals surface area (Å²) in [6.07, 6.45) is 3.09. The van der Waals surface area contributed by atoms with E-state index in [2.05, 4.69) is 15.1 Å². The number of carbonyl (C=O) groups excluding carboxylic acids is 1. The minimum atomic E-state index is -1.12. The highest BCUT2D eigenvalue weighted by Crippen LogP contribution is 2.35. The molecule has 174 valence electrons. The van der Waals surface area contributed by atoms with Gasteiger partial charge in [-0.3, -0.25) is 19.4 Å². The molecule has 6 nitrogen and oxygen atoms in total. The molecular formula is C27H21F2N5O. The van der Waals surface area contributed by atoms with Crippen LogP contribution in [0.15, 0.2) is 79.1 Å². The first-order valence-corrected chi connectivity index (χ1v) is 11.0. The highest BCUT2D eigenvalue weighted by atomic mass is 19.1. The van der Waals surface area contributed by atoms with Gasteiger partial charge in [-0.15, -0.1) is 0 Å². The van der Waals surface area contributed by atoms with Gasteiger partial charge in [0.25, 0.3) is 0 Å². The van der Waals surface area contributed by atoms with Gasteiger partial charge in [0.2, 0.25) is 5.91 Å². The summed E-state index contributed by atoms with van der Waals surface area (Å²) >= 11 is 0. The standard InChI is InChI=1S/C27H21F2N5O/c1-16-6-4-11-24(32-16)26-20(17-12-13-31-23-10-3-2-7-18(17)23)15-34(33-26)25(27(30)35)14-19-21(28)8-5-9-22(19)29/h2-13,15,25H,14H2,1H3,(H2,30,35). The molecule has 0 aliphatic heterocycles. The molecule has 0 spiro atoms. The Morgan fingerprint density at radius 1 is 0.971 bits per heavy atom. The molecule has 5 rings (SSSR count). The van der Waals surface area contributed by atoms with E-state index in [0.717, 1.165) is 34.3 Å². The van der Waals surface area contributed by atoms with E-state index in [-0.39, 0.29) is 12.0 Å². The minimum absolute atomic E-state index is 0.224. The number of fused-ring (bicyclic) bond motifs is 1. The Kier molecular flexibility index (Phi) is 5.78. The number of hydrogen-bond acceptors (Lipinski definition) is 4. The number of benzene rings is 2. The molecule has 3 heterocycles. The first kappa shape index (κ1) is 22.3. The van der Waals surface area contributed by atoms with Gasteiger partial charge in [0, 0.05) is 41.0 Å². The van der Waals surface area contributed by atoms with Crippen LogP contribution >= 0.6 is 0 Å². The molecule has 8 heteroatoms. The molecule has 2 aromatic carbocycles. The van der Waals surface area contributed by atoms with Crippen LogP contribution in [-0.4, -0.2) is 25.7 Å². The molecule has 0 aliphatic rings. The molecule has 0 saturated heterocycles. The SMILES string of the molecule is Cc1cccc(-c2nn(C(Cc3c(F)cccc3F)C(N)=O)cc2-c2ccnc3ccccc23)n1. The van der Waals surface area contributed by atoms with E-state index in [1.807, 2.05) is 55.5 Å². The van der Waals surface area contributed by atoms with Crippen molar-refractivity contribution in [2.75, 3.05) is 0 Å². The molecule has 1 atom stereocenters. The summed E-state index contributed by atoms with van der Waals surface area (Å²) in [5.41, 5.74) is 9.71. The number of hydrogen-bond donors (Lipinski definition) is 1. The number of rotatable bonds is 6. The zero-order valence-electron chi connectivity index (χ0n) is 18.8. The number of primary amides is 1. The van der Waals surface area contributed by atoms with Crippen molar-refractivity contribution in [1.29, 1.82) is 0 Å². The maximum absolute atomic E-state index is 14.4. The normalized spacial score (nSPS) is 12.1. The smallest absolute Gasteiger partial charge is 0.242 e. The average molecular weight is 469 g/mol. The fourth-order valence-corrected chi connectivity index (χ4v) is 4.19. The molecule has 2 N–H and O–H groups in total. The van der Waals surface area contributed by atoms with Crippen LogP contribution in [-0.2, 0) is 11.2 Å². The van der Waals surface area contributed by atoms with Crippen molar-refractivity contribution >= 4 is 16.8 Å². The number of nitrogens with zero attached hydrogens (tertiary/aromatic N) is 4. The van der Waals surface area contributed by atoms with E-state index in [4.69, 9.17) is 5.73 Å². The van der Waals surface area contributed by atoms with Gasteiger partial charge >= 0.3 is 0 Å². The highest BCUT2D eigenvalue weighted by Gasteiger charge is 2.26. The van der Waals surface area contributed by atoms with Crippen LogP contribution < -0.4 is 5.73 Å². The molecule has 1 amide bonds. The zero-order valence-corrected chi connectivity index (χ0v) is 18.8. The lowest BCUT2D eigenvalue weighted by Gasteiger charge is -2.15. The van der Waals surface area contributed by atoms with Gasteiger partial charge < -0.3 is 5.73 Å². The summed E-state index contributed by atoms with van der Waals surface area (Å²) in [5, 5.41) is 5.56. The number of pyridine rings is 2. The number of aryl methyl sites for hydroxylation is 1. The summed E-state index contributed by atoms with van der Waals surface area (Å²) in [7, 11) is 0. The molecule has 0 saturated carbocycles. The quantitative estimate of drug-likeness (QED) is 0.379. The van der Waals surface area contributed by atoms with Gasteiger partial charge in [-0.05, 0) is 48.9 Å². The van der Waals surface area contributed by atoms with E-state index < -0.39 is 23.6 Å². The van der Waals surface area contributed by atoms with Crippen molar-refractivity contribution in [3.8, 4) is 22.5 Å². The number of nitrogens with two attached hydrogens (primary N) is 1. The molecule has 3 aromatic heterocycles. The fraction of sp³-hybridized carbons (Fsp3) is 0.111. The largest absolute Gasteiger partial charge is 0.368 e. The van der Waals surface area contributed by atoms with Crippen molar-refractivity contribution in [3.63, 3.8) is 0 Å². The van der Waals surface area contributed by atoms with Gasteiger partial charge in [-0.2, -0.15) is 5.10 Å². The maximum atomic E-state index is 14.4. The molecular weight excluding hydrogens is 448 g/mol. The van der Waals surface area contributed by atoms with E-state index in [1.165, 1.54) is 10.7 Å². The van der Waals surface area contributed by atoms with Crippen molar-refractivity contribution in [3.05, 3.63) is 102 Å². The molecule has 35 heavy (non-hydrogen) atoms. The van der Waals surface area contributed by atoms with Crippen LogP contribution in [0.1, 0.15) is 17.3 Å². The number of halogens is 2. The lowest BCUT2D eigenvalue weighted by Crippen LogP contribution is -2.29. The van der Waals surface area contributed by atoms with Crippen LogP contribution in [0.3, 0.4) is 0 Å². The highest BCUT2D eigenvalue weighted by molar-refractivity contribution is 5.97. The monoisotopic (exact) mass is 469 g/mol. The van der Waals surface area contributed by atoms with Crippen LogP contribution in [0, 0.1) is 18.6 Å². The molecule has 1 unspecified atom stereocenters. The molecule has 0 fully saturated rings. The second-order valence-corrected chi connectivity index (χ2v) is 8.23. The van der Waals surface area contributed by atoms with E-state index in [0.29, 0.717) is 17.0 Å². The molecule has 0 bridgehead atoms. The summed E-state index contributed by atoms with van der Waals surface area (Å²) in [5.74, 6) is -2.25. The van der Waals surface area contributed by atoms with Crippen LogP contribution in [0.25, 0.3) is 33.4 Å². The topological polar surface area (TPSA) is 86.7 Å². The Balaban J connectivity index is 1.71. The van der Waals surface area contributed by atoms with Gasteiger partial charge in [0.1, 0.15) is 23.4 Å². The molecule has 5 aromatic rings. The second-order valence-electron chi connectivity index (χ2n) is 8.23. The van der Waals surface area contributed by atoms with Crippen LogP contribution in [0.4, 0.5) is 8.78 Å². The molecule has 0 aliphatic carbocycles. The Morgan fingerprint density at radius 2 is 1.71 bits per heavy atom. The lowest BCUT2D eigenvalue weighted by atomic mass is 10.0. The number of para-hydroxylation sites is 1. The number of aromatic nitrogens is 4. The van der Waals surface area contributed by atoms with E-state index >= 15 is 0 Å².